The summed E-state index contributed by atoms with van der Waals surface area (Å²) >= 11 is 0. The quantitative estimate of drug-likeness (QED) is 0.816. The van der Waals surface area contributed by atoms with Gasteiger partial charge in [-0.15, -0.1) is 5.10 Å². The lowest BCUT2D eigenvalue weighted by Crippen LogP contribution is -2.36. The Morgan fingerprint density at radius 3 is 2.88 bits per heavy atom. The summed E-state index contributed by atoms with van der Waals surface area (Å²) in [7, 11) is 0. The van der Waals surface area contributed by atoms with Gasteiger partial charge in [-0.2, -0.15) is 0 Å². The molecule has 1 N–H and O–H groups in total. The van der Waals surface area contributed by atoms with E-state index in [1.165, 1.54) is 5.06 Å². The smallest absolute Gasteiger partial charge is 0.271 e. The fourth-order valence-corrected chi connectivity index (χ4v) is 1.50. The normalized spacial score (nSPS) is 16.8. The van der Waals surface area contributed by atoms with Crippen molar-refractivity contribution in [3.8, 4) is 0 Å². The van der Waals surface area contributed by atoms with Crippen molar-refractivity contribution in [3.05, 3.63) is 11.6 Å². The molecule has 0 bridgehead atoms. The van der Waals surface area contributed by atoms with Gasteiger partial charge in [-0.05, 0) is 12.8 Å². The van der Waals surface area contributed by atoms with Gasteiger partial charge in [0.15, 0.2) is 0 Å². The third-order valence-corrected chi connectivity index (χ3v) is 2.47. The number of hydroxylamine groups is 2. The lowest BCUT2D eigenvalue weighted by molar-refractivity contribution is -0.144. The van der Waals surface area contributed by atoms with Crippen molar-refractivity contribution in [1.82, 2.24) is 20.2 Å². The molecule has 1 amide bonds. The van der Waals surface area contributed by atoms with Gasteiger partial charge in [0.25, 0.3) is 0 Å². The molecule has 1 aromatic heterocycles. The zero-order valence-corrected chi connectivity index (χ0v) is 9.56. The highest BCUT2D eigenvalue weighted by atomic mass is 16.7. The second kappa shape index (κ2) is 4.61. The predicted octanol–water partition coefficient (Wildman–Crippen LogP) is 1.10. The van der Waals surface area contributed by atoms with Crippen molar-refractivity contribution in [2.45, 2.75) is 32.6 Å². The molecule has 1 saturated heterocycles. The molecule has 0 aromatic carbocycles. The molecule has 16 heavy (non-hydrogen) atoms. The van der Waals surface area contributed by atoms with Crippen LogP contribution in [-0.2, 0) is 4.84 Å². The minimum absolute atomic E-state index is 0.186. The van der Waals surface area contributed by atoms with Gasteiger partial charge < -0.3 is 0 Å². The summed E-state index contributed by atoms with van der Waals surface area (Å²) in [6.07, 6.45) is 1.96. The third kappa shape index (κ3) is 2.21. The van der Waals surface area contributed by atoms with Gasteiger partial charge in [0, 0.05) is 12.5 Å². The molecule has 0 atom stereocenters. The third-order valence-electron chi connectivity index (χ3n) is 2.47. The summed E-state index contributed by atoms with van der Waals surface area (Å²) in [6.45, 7) is 5.19. The molecule has 88 valence electrons. The van der Waals surface area contributed by atoms with Crippen LogP contribution in [0.5, 0.6) is 0 Å². The monoisotopic (exact) mass is 224 g/mol. The summed E-state index contributed by atoms with van der Waals surface area (Å²) in [5, 5.41) is 8.01. The first-order valence-electron chi connectivity index (χ1n) is 5.55. The molecule has 2 heterocycles. The number of nitrogens with one attached hydrogen (secondary N) is 1. The average Bonchev–Trinajstić information content (AvgIpc) is 2.78. The van der Waals surface area contributed by atoms with Crippen LogP contribution >= 0.6 is 0 Å². The van der Waals surface area contributed by atoms with Crippen LogP contribution in [0.15, 0.2) is 0 Å². The molecule has 0 aliphatic carbocycles. The van der Waals surface area contributed by atoms with Gasteiger partial charge in [-0.25, -0.2) is 10.0 Å². The van der Waals surface area contributed by atoms with E-state index in [4.69, 9.17) is 4.84 Å². The number of nitrogens with zero attached hydrogens (tertiary/aromatic N) is 3. The van der Waals surface area contributed by atoms with E-state index < -0.39 is 0 Å². The molecule has 0 spiro atoms. The van der Waals surface area contributed by atoms with E-state index in [1.54, 1.807) is 0 Å². The molecule has 1 aromatic rings. The fourth-order valence-electron chi connectivity index (χ4n) is 1.50. The van der Waals surface area contributed by atoms with Crippen molar-refractivity contribution >= 4 is 5.91 Å². The molecular formula is C10H16N4O2. The van der Waals surface area contributed by atoms with Crippen molar-refractivity contribution < 1.29 is 9.63 Å². The number of aromatic amines is 1. The Labute approximate surface area is 94.0 Å². The summed E-state index contributed by atoms with van der Waals surface area (Å²) in [5.74, 6) is 0.880. The number of hydrogen-bond donors (Lipinski definition) is 1. The lowest BCUT2D eigenvalue weighted by atomic mass is 10.2. The molecule has 6 nitrogen and oxygen atoms in total. The van der Waals surface area contributed by atoms with E-state index in [-0.39, 0.29) is 17.6 Å². The molecule has 1 fully saturated rings. The highest BCUT2D eigenvalue weighted by molar-refractivity contribution is 5.89. The summed E-state index contributed by atoms with van der Waals surface area (Å²) in [6, 6.07) is 0. The van der Waals surface area contributed by atoms with Crippen LogP contribution in [-0.4, -0.2) is 39.3 Å². The molecule has 1 aliphatic rings. The van der Waals surface area contributed by atoms with Crippen LogP contribution in [0.4, 0.5) is 0 Å². The summed E-state index contributed by atoms with van der Waals surface area (Å²) in [4.78, 5) is 21.3. The van der Waals surface area contributed by atoms with E-state index in [9.17, 15) is 4.79 Å². The van der Waals surface area contributed by atoms with Gasteiger partial charge in [0.2, 0.25) is 5.82 Å². The maximum Gasteiger partial charge on any atom is 0.317 e. The molecule has 1 aliphatic heterocycles. The maximum atomic E-state index is 11.9. The average molecular weight is 224 g/mol. The molecule has 0 unspecified atom stereocenters. The van der Waals surface area contributed by atoms with E-state index in [0.29, 0.717) is 13.2 Å². The Balaban J connectivity index is 2.07. The number of amides is 1. The minimum Gasteiger partial charge on any atom is -0.271 e. The number of carbonyl (C=O) groups is 1. The molecular weight excluding hydrogens is 208 g/mol. The standard InChI is InChI=1S/C10H16N4O2/c1-7(2)8-11-9(13-12-8)10(15)14-5-3-4-6-16-14/h7H,3-6H2,1-2H3,(H,11,12,13). The number of hydrogen-bond acceptors (Lipinski definition) is 4. The second-order valence-electron chi connectivity index (χ2n) is 4.15. The van der Waals surface area contributed by atoms with Gasteiger partial charge in [-0.1, -0.05) is 13.8 Å². The predicted molar refractivity (Wildman–Crippen MR) is 56.7 cm³/mol. The van der Waals surface area contributed by atoms with Crippen molar-refractivity contribution in [3.63, 3.8) is 0 Å². The Kier molecular flexibility index (Phi) is 3.19. The van der Waals surface area contributed by atoms with Crippen molar-refractivity contribution in [2.75, 3.05) is 13.2 Å². The zero-order valence-electron chi connectivity index (χ0n) is 9.56. The number of aromatic nitrogens is 3. The van der Waals surface area contributed by atoms with Crippen LogP contribution in [0.2, 0.25) is 0 Å². The SMILES string of the molecule is CC(C)c1nc(C(=O)N2CCCCO2)n[nH]1. The topological polar surface area (TPSA) is 71.1 Å². The first-order valence-corrected chi connectivity index (χ1v) is 5.55. The van der Waals surface area contributed by atoms with E-state index in [1.807, 2.05) is 13.8 Å². The van der Waals surface area contributed by atoms with Crippen LogP contribution in [0.25, 0.3) is 0 Å². The van der Waals surface area contributed by atoms with Crippen LogP contribution < -0.4 is 0 Å². The molecule has 2 rings (SSSR count). The zero-order chi connectivity index (χ0) is 11.5. The molecule has 0 saturated carbocycles. The Morgan fingerprint density at radius 1 is 1.50 bits per heavy atom. The minimum atomic E-state index is -0.261. The molecule has 6 heteroatoms. The summed E-state index contributed by atoms with van der Waals surface area (Å²) in [5.41, 5.74) is 0. The Morgan fingerprint density at radius 2 is 2.31 bits per heavy atom. The highest BCUT2D eigenvalue weighted by Crippen LogP contribution is 2.11. The van der Waals surface area contributed by atoms with Crippen molar-refractivity contribution in [1.29, 1.82) is 0 Å². The second-order valence-corrected chi connectivity index (χ2v) is 4.15. The van der Waals surface area contributed by atoms with Gasteiger partial charge >= 0.3 is 5.91 Å². The fraction of sp³-hybridized carbons (Fsp3) is 0.700. The van der Waals surface area contributed by atoms with Crippen molar-refractivity contribution in [2.24, 2.45) is 0 Å². The number of carbonyl (C=O) groups excluding carboxylic acids is 1. The summed E-state index contributed by atoms with van der Waals surface area (Å²) < 4.78 is 0. The Bertz CT molecular complexity index is 369. The van der Waals surface area contributed by atoms with E-state index in [2.05, 4.69) is 15.2 Å². The molecule has 0 radical (unpaired) electrons. The van der Waals surface area contributed by atoms with Gasteiger partial charge in [0.05, 0.1) is 6.61 Å². The highest BCUT2D eigenvalue weighted by Gasteiger charge is 2.23. The largest absolute Gasteiger partial charge is 0.317 e. The van der Waals surface area contributed by atoms with E-state index in [0.717, 1.165) is 18.7 Å². The van der Waals surface area contributed by atoms with Crippen LogP contribution in [0.1, 0.15) is 49.1 Å². The van der Waals surface area contributed by atoms with Crippen LogP contribution in [0, 0.1) is 0 Å². The number of H-pyrrole nitrogens is 1. The first-order chi connectivity index (χ1) is 7.68. The van der Waals surface area contributed by atoms with Gasteiger partial charge in [-0.3, -0.25) is 14.7 Å². The van der Waals surface area contributed by atoms with Crippen LogP contribution in [0.3, 0.4) is 0 Å². The number of rotatable bonds is 2. The van der Waals surface area contributed by atoms with E-state index >= 15 is 0 Å². The van der Waals surface area contributed by atoms with Gasteiger partial charge in [0.1, 0.15) is 5.82 Å². The first kappa shape index (κ1) is 11.1. The lowest BCUT2D eigenvalue weighted by Gasteiger charge is -2.24. The maximum absolute atomic E-state index is 11.9. The Hall–Kier alpha value is -1.43.